The van der Waals surface area contributed by atoms with E-state index in [1.54, 1.807) is 26.0 Å². The molecular formula is C39H50F3N5O10S. The number of halogens is 3. The van der Waals surface area contributed by atoms with Crippen LogP contribution in [0.5, 0.6) is 11.6 Å². The number of sulfonamides is 1. The molecule has 1 aromatic heterocycles. The number of aromatic nitrogens is 1. The van der Waals surface area contributed by atoms with Gasteiger partial charge in [0.2, 0.25) is 27.7 Å². The summed E-state index contributed by atoms with van der Waals surface area (Å²) in [6.07, 6.45) is -2.03. The zero-order chi connectivity index (χ0) is 42.5. The normalized spacial score (nSPS) is 29.3. The monoisotopic (exact) mass is 837 g/mol. The predicted molar refractivity (Wildman–Crippen MR) is 203 cm³/mol. The van der Waals surface area contributed by atoms with Gasteiger partial charge in [0.05, 0.1) is 42.2 Å². The number of hydrogen-bond acceptors (Lipinski definition) is 10. The lowest BCUT2D eigenvalue weighted by Gasteiger charge is -2.45. The van der Waals surface area contributed by atoms with Crippen LogP contribution in [0, 0.1) is 11.7 Å². The van der Waals surface area contributed by atoms with Crippen LogP contribution in [-0.4, -0.2) is 118 Å². The summed E-state index contributed by atoms with van der Waals surface area (Å²) in [5, 5.41) is 13.9. The van der Waals surface area contributed by atoms with Gasteiger partial charge in [-0.2, -0.15) is 0 Å². The highest BCUT2D eigenvalue weighted by Crippen LogP contribution is 2.48. The number of alkyl halides is 2. The molecule has 2 aromatic rings. The Morgan fingerprint density at radius 1 is 1.22 bits per heavy atom. The third-order valence-electron chi connectivity index (χ3n) is 11.9. The molecule has 19 heteroatoms. The van der Waals surface area contributed by atoms with Crippen molar-refractivity contribution in [2.24, 2.45) is 5.92 Å². The first-order valence-electron chi connectivity index (χ1n) is 19.3. The van der Waals surface area contributed by atoms with E-state index in [1.807, 2.05) is 0 Å². The van der Waals surface area contributed by atoms with Gasteiger partial charge in [0.1, 0.15) is 40.8 Å². The SMILES string of the molecule is CC[C@@H]1O[C@H](C)CC/C=C\[C@@H]2C[C@@]2(C(=O)NS(=O)(=O)C2(C)CC2)NC(=O)[C@@H]2C[C@@H](Oc3ncc(OC)c4ccc(F)cc34)CN2C(=O)[C@H]1N(C(=O)O)C(C)(C)C(F)F. The smallest absolute Gasteiger partial charge is 0.408 e. The van der Waals surface area contributed by atoms with Crippen molar-refractivity contribution < 1.29 is 60.1 Å². The van der Waals surface area contributed by atoms with Gasteiger partial charge in [-0.15, -0.1) is 0 Å². The molecular weight excluding hydrogens is 788 g/mol. The minimum Gasteiger partial charge on any atom is -0.494 e. The number of carbonyl (C=O) groups is 4. The highest BCUT2D eigenvalue weighted by atomic mass is 32.2. The Hall–Kier alpha value is -4.65. The largest absolute Gasteiger partial charge is 0.494 e. The van der Waals surface area contributed by atoms with E-state index in [0.29, 0.717) is 41.7 Å². The number of rotatable bonds is 10. The fourth-order valence-corrected chi connectivity index (χ4v) is 9.12. The van der Waals surface area contributed by atoms with Crippen LogP contribution in [0.15, 0.2) is 36.5 Å². The van der Waals surface area contributed by atoms with Gasteiger partial charge in [-0.05, 0) is 84.4 Å². The van der Waals surface area contributed by atoms with Crippen molar-refractivity contribution in [1.29, 1.82) is 0 Å². The van der Waals surface area contributed by atoms with Crippen LogP contribution >= 0.6 is 0 Å². The fraction of sp³-hybridized carbons (Fsp3) is 0.615. The summed E-state index contributed by atoms with van der Waals surface area (Å²) in [5.74, 6) is -3.91. The van der Waals surface area contributed by atoms with E-state index in [4.69, 9.17) is 14.2 Å². The quantitative estimate of drug-likeness (QED) is 0.285. The summed E-state index contributed by atoms with van der Waals surface area (Å²) >= 11 is 0. The summed E-state index contributed by atoms with van der Waals surface area (Å²) < 4.78 is 89.3. The zero-order valence-electron chi connectivity index (χ0n) is 33.2. The summed E-state index contributed by atoms with van der Waals surface area (Å²) in [6, 6.07) is 0.453. The van der Waals surface area contributed by atoms with Crippen molar-refractivity contribution in [3.8, 4) is 11.6 Å². The highest BCUT2D eigenvalue weighted by Gasteiger charge is 2.63. The van der Waals surface area contributed by atoms with Crippen molar-refractivity contribution in [2.75, 3.05) is 13.7 Å². The number of amides is 4. The van der Waals surface area contributed by atoms with Crippen molar-refractivity contribution in [3.63, 3.8) is 0 Å². The first-order valence-corrected chi connectivity index (χ1v) is 20.8. The Balaban J connectivity index is 1.44. The van der Waals surface area contributed by atoms with Crippen LogP contribution in [0.1, 0.15) is 79.6 Å². The molecule has 0 spiro atoms. The second-order valence-corrected chi connectivity index (χ2v) is 18.6. The highest BCUT2D eigenvalue weighted by molar-refractivity contribution is 7.91. The summed E-state index contributed by atoms with van der Waals surface area (Å²) in [7, 11) is -2.72. The molecule has 3 fully saturated rings. The molecule has 58 heavy (non-hydrogen) atoms. The maximum Gasteiger partial charge on any atom is 0.408 e. The van der Waals surface area contributed by atoms with E-state index in [-0.39, 0.29) is 30.5 Å². The molecule has 4 aliphatic rings. The molecule has 1 aromatic carbocycles. The molecule has 2 aliphatic heterocycles. The Kier molecular flexibility index (Phi) is 11.7. The maximum absolute atomic E-state index is 15.1. The van der Waals surface area contributed by atoms with E-state index in [2.05, 4.69) is 15.0 Å². The third-order valence-corrected chi connectivity index (χ3v) is 14.0. The second kappa shape index (κ2) is 15.8. The fourth-order valence-electron chi connectivity index (χ4n) is 7.81. The number of fused-ring (bicyclic) bond motifs is 3. The van der Waals surface area contributed by atoms with Crippen LogP contribution in [0.25, 0.3) is 10.8 Å². The number of ether oxygens (including phenoxy) is 3. The Bertz CT molecular complexity index is 2100. The molecule has 2 aliphatic carbocycles. The number of methoxy groups -OCH3 is 1. The number of nitrogens with zero attached hydrogens (tertiary/aromatic N) is 3. The summed E-state index contributed by atoms with van der Waals surface area (Å²) in [6.45, 7) is 6.40. The second-order valence-electron chi connectivity index (χ2n) is 16.4. The van der Waals surface area contributed by atoms with Crippen molar-refractivity contribution in [1.82, 2.24) is 24.8 Å². The number of carbonyl (C=O) groups excluding carboxylic acids is 3. The first kappa shape index (κ1) is 42.9. The molecule has 7 atom stereocenters. The average molecular weight is 838 g/mol. The predicted octanol–water partition coefficient (Wildman–Crippen LogP) is 4.53. The van der Waals surface area contributed by atoms with E-state index < -0.39 is 105 Å². The topological polar surface area (TPSA) is 194 Å². The lowest BCUT2D eigenvalue weighted by Crippen LogP contribution is -2.66. The Labute approximate surface area is 334 Å². The van der Waals surface area contributed by atoms with E-state index in [9.17, 15) is 41.1 Å². The number of pyridine rings is 1. The number of carboxylic acid groups (broad SMARTS) is 1. The molecule has 15 nitrogen and oxygen atoms in total. The number of benzene rings is 1. The van der Waals surface area contributed by atoms with Gasteiger partial charge in [-0.1, -0.05) is 19.1 Å². The number of hydrogen-bond donors (Lipinski definition) is 3. The molecule has 2 saturated carbocycles. The Morgan fingerprint density at radius 2 is 1.93 bits per heavy atom. The lowest BCUT2D eigenvalue weighted by atomic mass is 9.95. The van der Waals surface area contributed by atoms with Crippen molar-refractivity contribution in [3.05, 3.63) is 42.4 Å². The van der Waals surface area contributed by atoms with Crippen LogP contribution in [0.4, 0.5) is 18.0 Å². The van der Waals surface area contributed by atoms with Gasteiger partial charge in [0.15, 0.2) is 0 Å². The zero-order valence-corrected chi connectivity index (χ0v) is 34.0. The minimum absolute atomic E-state index is 0.0103. The van der Waals surface area contributed by atoms with Gasteiger partial charge in [-0.25, -0.2) is 31.4 Å². The van der Waals surface area contributed by atoms with E-state index in [0.717, 1.165) is 18.7 Å². The van der Waals surface area contributed by atoms with Crippen LogP contribution in [0.2, 0.25) is 0 Å². The first-order chi connectivity index (χ1) is 27.2. The van der Waals surface area contributed by atoms with Gasteiger partial charge in [-0.3, -0.25) is 24.0 Å². The molecule has 3 N–H and O–H groups in total. The summed E-state index contributed by atoms with van der Waals surface area (Å²) in [4.78, 5) is 62.2. The number of allylic oxidation sites excluding steroid dienone is 1. The molecule has 0 radical (unpaired) electrons. The molecule has 3 heterocycles. The van der Waals surface area contributed by atoms with Crippen molar-refractivity contribution in [2.45, 2.75) is 132 Å². The molecule has 1 saturated heterocycles. The van der Waals surface area contributed by atoms with Gasteiger partial charge >= 0.3 is 6.09 Å². The van der Waals surface area contributed by atoms with Crippen LogP contribution in [-0.2, 0) is 29.1 Å². The average Bonchev–Trinajstić information content (AvgIpc) is 4.04. The number of nitrogens with one attached hydrogen (secondary N) is 2. The molecule has 0 unspecified atom stereocenters. The molecule has 318 valence electrons. The summed E-state index contributed by atoms with van der Waals surface area (Å²) in [5.41, 5.74) is -4.16. The van der Waals surface area contributed by atoms with Gasteiger partial charge < -0.3 is 29.5 Å². The minimum atomic E-state index is -4.13. The lowest BCUT2D eigenvalue weighted by molar-refractivity contribution is -0.156. The van der Waals surface area contributed by atoms with Gasteiger partial charge in [0, 0.05) is 17.7 Å². The van der Waals surface area contributed by atoms with E-state index in [1.165, 1.54) is 38.4 Å². The van der Waals surface area contributed by atoms with Crippen molar-refractivity contribution >= 4 is 44.6 Å². The van der Waals surface area contributed by atoms with Gasteiger partial charge in [0.25, 0.3) is 12.3 Å². The van der Waals surface area contributed by atoms with E-state index >= 15 is 4.79 Å². The third kappa shape index (κ3) is 8.03. The molecule has 0 bridgehead atoms. The Morgan fingerprint density at radius 3 is 2.55 bits per heavy atom. The molecule has 6 rings (SSSR count). The maximum atomic E-state index is 15.1. The standard InChI is InChI=1S/C39H50F3N5O10S/c1-7-28-30(47(36(51)52)37(3,4)34(41)42)33(49)46-20-24(57-32-26-16-23(40)12-13-25(26)29(55-6)19-43-32)17-27(46)31(48)44-39(18-22(39)11-9-8-10-21(2)56-28)35(50)45-58(53,54)38(5)14-15-38/h9,11-13,16,19,21-22,24,27-28,30,34H,7-8,10,14-15,17-18,20H2,1-6H3,(H,44,48)(H,45,50)(H,51,52)/b11-9-/t21-,22-,24-,27+,28+,30+,39-/m1/s1. The van der Waals surface area contributed by atoms with Crippen LogP contribution < -0.4 is 19.5 Å². The van der Waals surface area contributed by atoms with Crippen LogP contribution in [0.3, 0.4) is 0 Å². The molecule has 4 amide bonds.